The third kappa shape index (κ3) is 5.45. The van der Waals surface area contributed by atoms with Crippen molar-refractivity contribution in [2.45, 2.75) is 71.4 Å². The summed E-state index contributed by atoms with van der Waals surface area (Å²) >= 11 is 1.69. The first-order valence-electron chi connectivity index (χ1n) is 7.53. The zero-order chi connectivity index (χ0) is 16.3. The molecule has 0 saturated carbocycles. The second-order valence-electron chi connectivity index (χ2n) is 7.15. The van der Waals surface area contributed by atoms with Gasteiger partial charge in [0.15, 0.2) is 8.32 Å². The number of aliphatic hydroxyl groups excluding tert-OH is 1. The molecule has 1 heterocycles. The van der Waals surface area contributed by atoms with E-state index in [-0.39, 0.29) is 23.8 Å². The number of aliphatic hydroxyl groups is 1. The third-order valence-corrected chi connectivity index (χ3v) is 9.81. The van der Waals surface area contributed by atoms with E-state index in [2.05, 4.69) is 51.1 Å². The molecule has 0 amide bonds. The Morgan fingerprint density at radius 2 is 2.00 bits per heavy atom. The average molecular weight is 331 g/mol. The molecule has 0 unspecified atom stereocenters. The van der Waals surface area contributed by atoms with Crippen molar-refractivity contribution < 1.29 is 9.53 Å². The van der Waals surface area contributed by atoms with Gasteiger partial charge >= 0.3 is 0 Å². The zero-order valence-corrected chi connectivity index (χ0v) is 16.2. The summed E-state index contributed by atoms with van der Waals surface area (Å²) in [5, 5.41) is 13.5. The van der Waals surface area contributed by atoms with Crippen LogP contribution in [0.15, 0.2) is 6.20 Å². The highest BCUT2D eigenvalue weighted by Crippen LogP contribution is 2.40. The number of thiazole rings is 1. The molecule has 1 aromatic heterocycles. The molecule has 0 radical (unpaired) electrons. The van der Waals surface area contributed by atoms with Crippen molar-refractivity contribution in [1.82, 2.24) is 10.3 Å². The number of rotatable bonds is 7. The Hall–Kier alpha value is -0.273. The molecule has 0 spiro atoms. The lowest BCUT2D eigenvalue weighted by Gasteiger charge is -2.38. The van der Waals surface area contributed by atoms with Gasteiger partial charge in [0, 0.05) is 23.7 Å². The Balaban J connectivity index is 2.64. The second kappa shape index (κ2) is 7.33. The van der Waals surface area contributed by atoms with Crippen molar-refractivity contribution in [3.05, 3.63) is 16.1 Å². The molecule has 0 aliphatic rings. The van der Waals surface area contributed by atoms with E-state index in [4.69, 9.17) is 9.53 Å². The van der Waals surface area contributed by atoms with Crippen LogP contribution in [-0.2, 0) is 11.0 Å². The molecule has 6 heteroatoms. The van der Waals surface area contributed by atoms with Crippen LogP contribution in [0.5, 0.6) is 0 Å². The van der Waals surface area contributed by atoms with Crippen molar-refractivity contribution in [2.24, 2.45) is 0 Å². The van der Waals surface area contributed by atoms with Gasteiger partial charge in [0.2, 0.25) is 0 Å². The van der Waals surface area contributed by atoms with E-state index in [1.54, 1.807) is 11.3 Å². The minimum absolute atomic E-state index is 0.0416. The van der Waals surface area contributed by atoms with Gasteiger partial charge in [-0.25, -0.2) is 4.98 Å². The molecule has 1 rings (SSSR count). The van der Waals surface area contributed by atoms with Gasteiger partial charge in [-0.3, -0.25) is 0 Å². The summed E-state index contributed by atoms with van der Waals surface area (Å²) in [5.41, 5.74) is 0. The van der Waals surface area contributed by atoms with E-state index in [1.807, 2.05) is 13.1 Å². The number of nitrogens with zero attached hydrogens (tertiary/aromatic N) is 1. The monoisotopic (exact) mass is 330 g/mol. The maximum atomic E-state index is 9.02. The van der Waals surface area contributed by atoms with Crippen LogP contribution in [0.3, 0.4) is 0 Å². The van der Waals surface area contributed by atoms with E-state index in [9.17, 15) is 0 Å². The van der Waals surface area contributed by atoms with Gasteiger partial charge in [-0.05, 0) is 32.0 Å². The fourth-order valence-electron chi connectivity index (χ4n) is 1.60. The Bertz CT molecular complexity index is 443. The van der Waals surface area contributed by atoms with Crippen LogP contribution >= 0.6 is 11.3 Å². The van der Waals surface area contributed by atoms with Crippen LogP contribution in [0.4, 0.5) is 0 Å². The second-order valence-corrected chi connectivity index (χ2v) is 13.1. The fourth-order valence-corrected chi connectivity index (χ4v) is 3.88. The van der Waals surface area contributed by atoms with Gasteiger partial charge in [0.1, 0.15) is 5.01 Å². The van der Waals surface area contributed by atoms with Crippen LogP contribution in [0, 0.1) is 0 Å². The maximum absolute atomic E-state index is 9.02. The first-order chi connectivity index (χ1) is 9.56. The van der Waals surface area contributed by atoms with Crippen LogP contribution in [0.25, 0.3) is 0 Å². The highest BCUT2D eigenvalue weighted by atomic mass is 32.1. The smallest absolute Gasteiger partial charge is 0.193 e. The first-order valence-corrected chi connectivity index (χ1v) is 11.3. The molecule has 0 aliphatic carbocycles. The van der Waals surface area contributed by atoms with E-state index in [1.165, 1.54) is 4.88 Å². The van der Waals surface area contributed by atoms with Crippen LogP contribution in [-0.4, -0.2) is 31.1 Å². The predicted molar refractivity (Wildman–Crippen MR) is 92.2 cm³/mol. The standard InChI is InChI=1S/C15H30N2O2SSi/c1-11(10-18)16-8-13-9-17-14(20-13)12(2)19-21(6,7)15(3,4)5/h9,11-12,16,18H,8,10H2,1-7H3/t11-,12+/m0/s1. The van der Waals surface area contributed by atoms with Crippen molar-refractivity contribution in [3.63, 3.8) is 0 Å². The molecular weight excluding hydrogens is 300 g/mol. The van der Waals surface area contributed by atoms with Crippen LogP contribution in [0.1, 0.15) is 50.6 Å². The summed E-state index contributed by atoms with van der Waals surface area (Å²) in [5.74, 6) is 0. The highest BCUT2D eigenvalue weighted by Gasteiger charge is 2.39. The summed E-state index contributed by atoms with van der Waals surface area (Å²) in [4.78, 5) is 5.68. The van der Waals surface area contributed by atoms with E-state index >= 15 is 0 Å². The minimum atomic E-state index is -1.77. The fraction of sp³-hybridized carbons (Fsp3) is 0.800. The van der Waals surface area contributed by atoms with Gasteiger partial charge in [0.05, 0.1) is 12.7 Å². The van der Waals surface area contributed by atoms with E-state index in [0.717, 1.165) is 11.6 Å². The predicted octanol–water partition coefficient (Wildman–Crippen LogP) is 3.70. The molecule has 1 aromatic rings. The molecule has 0 saturated heterocycles. The SMILES string of the molecule is C[C@@H](CO)NCc1cnc([C@@H](C)O[Si](C)(C)C(C)(C)C)s1. The number of nitrogens with one attached hydrogen (secondary N) is 1. The minimum Gasteiger partial charge on any atom is -0.408 e. The topological polar surface area (TPSA) is 54.4 Å². The Morgan fingerprint density at radius 3 is 2.52 bits per heavy atom. The summed E-state index contributed by atoms with van der Waals surface area (Å²) < 4.78 is 6.37. The quantitative estimate of drug-likeness (QED) is 0.749. The Labute approximate surface area is 134 Å². The van der Waals surface area contributed by atoms with Crippen molar-refractivity contribution >= 4 is 19.7 Å². The lowest BCUT2D eigenvalue weighted by atomic mass is 10.2. The number of aromatic nitrogens is 1. The van der Waals surface area contributed by atoms with E-state index in [0.29, 0.717) is 0 Å². The highest BCUT2D eigenvalue weighted by molar-refractivity contribution is 7.11. The van der Waals surface area contributed by atoms with Gasteiger partial charge in [-0.2, -0.15) is 0 Å². The lowest BCUT2D eigenvalue weighted by Crippen LogP contribution is -2.41. The molecule has 2 N–H and O–H groups in total. The lowest BCUT2D eigenvalue weighted by molar-refractivity contribution is 0.202. The summed E-state index contributed by atoms with van der Waals surface area (Å²) in [6.45, 7) is 16.2. The Morgan fingerprint density at radius 1 is 1.38 bits per heavy atom. The normalized spacial score (nSPS) is 16.0. The molecule has 21 heavy (non-hydrogen) atoms. The van der Waals surface area contributed by atoms with Crippen molar-refractivity contribution in [3.8, 4) is 0 Å². The summed E-state index contributed by atoms with van der Waals surface area (Å²) in [6.07, 6.45) is 1.95. The summed E-state index contributed by atoms with van der Waals surface area (Å²) in [7, 11) is -1.77. The van der Waals surface area contributed by atoms with Crippen LogP contribution in [0.2, 0.25) is 18.1 Å². The molecule has 4 nitrogen and oxygen atoms in total. The van der Waals surface area contributed by atoms with Crippen molar-refractivity contribution in [1.29, 1.82) is 0 Å². The average Bonchev–Trinajstić information content (AvgIpc) is 2.82. The van der Waals surface area contributed by atoms with Gasteiger partial charge in [-0.15, -0.1) is 11.3 Å². The molecule has 0 fully saturated rings. The molecule has 122 valence electrons. The number of hydrogen-bond donors (Lipinski definition) is 2. The molecular formula is C15H30N2O2SSi. The maximum Gasteiger partial charge on any atom is 0.193 e. The van der Waals surface area contributed by atoms with E-state index < -0.39 is 8.32 Å². The van der Waals surface area contributed by atoms with Gasteiger partial charge in [0.25, 0.3) is 0 Å². The largest absolute Gasteiger partial charge is 0.408 e. The van der Waals surface area contributed by atoms with Crippen LogP contribution < -0.4 is 5.32 Å². The molecule has 2 atom stereocenters. The molecule has 0 aromatic carbocycles. The van der Waals surface area contributed by atoms with Crippen molar-refractivity contribution in [2.75, 3.05) is 6.61 Å². The zero-order valence-electron chi connectivity index (χ0n) is 14.4. The number of hydrogen-bond acceptors (Lipinski definition) is 5. The van der Waals surface area contributed by atoms with Gasteiger partial charge < -0.3 is 14.8 Å². The van der Waals surface area contributed by atoms with Gasteiger partial charge in [-0.1, -0.05) is 20.8 Å². The third-order valence-electron chi connectivity index (χ3n) is 4.10. The Kier molecular flexibility index (Phi) is 6.55. The summed E-state index contributed by atoms with van der Waals surface area (Å²) in [6, 6.07) is 0.108. The first kappa shape index (κ1) is 18.8. The molecule has 0 aliphatic heterocycles. The molecule has 0 bridgehead atoms.